The zero-order valence-corrected chi connectivity index (χ0v) is 14.7. The number of halogens is 2. The molecule has 1 aliphatic heterocycles. The first-order valence-corrected chi connectivity index (χ1v) is 8.48. The van der Waals surface area contributed by atoms with Gasteiger partial charge >= 0.3 is 0 Å². The van der Waals surface area contributed by atoms with Gasteiger partial charge in [0.1, 0.15) is 5.82 Å². The van der Waals surface area contributed by atoms with Crippen molar-refractivity contribution in [3.8, 4) is 0 Å². The van der Waals surface area contributed by atoms with Gasteiger partial charge in [-0.3, -0.25) is 9.69 Å². The number of fused-ring (bicyclic) bond motifs is 1. The van der Waals surface area contributed by atoms with E-state index in [1.54, 1.807) is 0 Å². The second kappa shape index (κ2) is 6.63. The van der Waals surface area contributed by atoms with Gasteiger partial charge in [-0.1, -0.05) is 43.1 Å². The molecular weight excluding hydrogens is 333 g/mol. The van der Waals surface area contributed by atoms with Crippen molar-refractivity contribution in [3.05, 3.63) is 61.2 Å². The Hall–Kier alpha value is -1.36. The number of rotatable bonds is 3. The maximum Gasteiger partial charge on any atom is 0.255 e. The van der Waals surface area contributed by atoms with Crippen molar-refractivity contribution < 1.29 is 0 Å². The molecule has 23 heavy (non-hydrogen) atoms. The van der Waals surface area contributed by atoms with E-state index in [9.17, 15) is 4.79 Å². The summed E-state index contributed by atoms with van der Waals surface area (Å²) in [6.07, 6.45) is 0.765. The van der Waals surface area contributed by atoms with Crippen LogP contribution >= 0.6 is 23.2 Å². The fourth-order valence-corrected chi connectivity index (χ4v) is 3.33. The smallest absolute Gasteiger partial charge is 0.255 e. The molecule has 0 spiro atoms. The Morgan fingerprint density at radius 2 is 2.00 bits per heavy atom. The third-order valence-electron chi connectivity index (χ3n) is 4.16. The standard InChI is InChI=1S/C17H19Cl2N3O/c1-10(2)16-20-15-6-7-22(9-12(15)17(23)21-16)8-11-13(18)4-3-5-14(11)19/h3-5,10H,6-9H2,1-2H3,(H,20,21,23). The van der Waals surface area contributed by atoms with Gasteiger partial charge in [0.25, 0.3) is 5.56 Å². The van der Waals surface area contributed by atoms with Crippen LogP contribution in [0.1, 0.15) is 42.4 Å². The summed E-state index contributed by atoms with van der Waals surface area (Å²) in [6.45, 7) is 6.09. The lowest BCUT2D eigenvalue weighted by Crippen LogP contribution is -2.36. The zero-order valence-electron chi connectivity index (χ0n) is 13.2. The Morgan fingerprint density at radius 1 is 1.30 bits per heavy atom. The third kappa shape index (κ3) is 3.44. The monoisotopic (exact) mass is 351 g/mol. The minimum Gasteiger partial charge on any atom is -0.310 e. The second-order valence-corrected chi connectivity index (χ2v) is 7.01. The van der Waals surface area contributed by atoms with Crippen molar-refractivity contribution in [2.24, 2.45) is 0 Å². The Kier molecular flexibility index (Phi) is 4.76. The molecule has 122 valence electrons. The van der Waals surface area contributed by atoms with E-state index in [1.807, 2.05) is 32.0 Å². The van der Waals surface area contributed by atoms with Gasteiger partial charge in [0.05, 0.1) is 11.3 Å². The summed E-state index contributed by atoms with van der Waals surface area (Å²) >= 11 is 12.5. The number of H-pyrrole nitrogens is 1. The summed E-state index contributed by atoms with van der Waals surface area (Å²) in [5.74, 6) is 0.976. The van der Waals surface area contributed by atoms with E-state index in [-0.39, 0.29) is 11.5 Å². The Labute approximate surface area is 145 Å². The molecule has 1 aromatic carbocycles. The first-order chi connectivity index (χ1) is 11.0. The van der Waals surface area contributed by atoms with Crippen LogP contribution in [0.25, 0.3) is 0 Å². The molecule has 0 radical (unpaired) electrons. The van der Waals surface area contributed by atoms with Crippen molar-refractivity contribution in [3.63, 3.8) is 0 Å². The van der Waals surface area contributed by atoms with Gasteiger partial charge in [0.15, 0.2) is 0 Å². The average Bonchev–Trinajstić information content (AvgIpc) is 2.51. The van der Waals surface area contributed by atoms with Crippen LogP contribution in [0.5, 0.6) is 0 Å². The lowest BCUT2D eigenvalue weighted by molar-refractivity contribution is 0.241. The van der Waals surface area contributed by atoms with Gasteiger partial charge in [0, 0.05) is 47.6 Å². The van der Waals surface area contributed by atoms with Crippen LogP contribution in [-0.2, 0) is 19.5 Å². The van der Waals surface area contributed by atoms with Crippen molar-refractivity contribution in [1.29, 1.82) is 0 Å². The fourth-order valence-electron chi connectivity index (χ4n) is 2.82. The van der Waals surface area contributed by atoms with Gasteiger partial charge in [0.2, 0.25) is 0 Å². The second-order valence-electron chi connectivity index (χ2n) is 6.19. The first kappa shape index (κ1) is 16.5. The number of aromatic amines is 1. The SMILES string of the molecule is CC(C)c1nc2c(c(=O)[nH]1)CN(Cc1c(Cl)cccc1Cl)CC2. The Balaban J connectivity index is 1.85. The minimum atomic E-state index is -0.0337. The number of hydrogen-bond acceptors (Lipinski definition) is 3. The van der Waals surface area contributed by atoms with Crippen molar-refractivity contribution >= 4 is 23.2 Å². The lowest BCUT2D eigenvalue weighted by Gasteiger charge is -2.28. The topological polar surface area (TPSA) is 49.0 Å². The van der Waals surface area contributed by atoms with Gasteiger partial charge in [-0.2, -0.15) is 0 Å². The summed E-state index contributed by atoms with van der Waals surface area (Å²) in [6, 6.07) is 5.51. The molecule has 0 fully saturated rings. The van der Waals surface area contributed by atoms with Gasteiger partial charge in [-0.15, -0.1) is 0 Å². The molecule has 0 atom stereocenters. The van der Waals surface area contributed by atoms with E-state index in [2.05, 4.69) is 14.9 Å². The highest BCUT2D eigenvalue weighted by Gasteiger charge is 2.22. The average molecular weight is 352 g/mol. The highest BCUT2D eigenvalue weighted by molar-refractivity contribution is 6.35. The predicted octanol–water partition coefficient (Wildman–Crippen LogP) is 3.76. The Morgan fingerprint density at radius 3 is 2.65 bits per heavy atom. The highest BCUT2D eigenvalue weighted by atomic mass is 35.5. The molecule has 0 saturated heterocycles. The van der Waals surface area contributed by atoms with E-state index in [0.717, 1.165) is 35.6 Å². The molecule has 1 aromatic heterocycles. The lowest BCUT2D eigenvalue weighted by atomic mass is 10.0. The number of benzene rings is 1. The molecular formula is C17H19Cl2N3O. The molecule has 1 N–H and O–H groups in total. The third-order valence-corrected chi connectivity index (χ3v) is 4.86. The van der Waals surface area contributed by atoms with Crippen LogP contribution in [-0.4, -0.2) is 21.4 Å². The molecule has 2 heterocycles. The molecule has 3 rings (SSSR count). The molecule has 0 amide bonds. The summed E-state index contributed by atoms with van der Waals surface area (Å²) in [4.78, 5) is 22.0. The summed E-state index contributed by atoms with van der Waals surface area (Å²) in [7, 11) is 0. The van der Waals surface area contributed by atoms with E-state index < -0.39 is 0 Å². The van der Waals surface area contributed by atoms with Gasteiger partial charge in [-0.25, -0.2) is 4.98 Å². The van der Waals surface area contributed by atoms with E-state index in [4.69, 9.17) is 23.2 Å². The molecule has 2 aromatic rings. The first-order valence-electron chi connectivity index (χ1n) is 7.73. The van der Waals surface area contributed by atoms with Gasteiger partial charge in [-0.05, 0) is 12.1 Å². The maximum absolute atomic E-state index is 12.3. The normalized spacial score (nSPS) is 15.0. The summed E-state index contributed by atoms with van der Waals surface area (Å²) in [5, 5.41) is 1.32. The van der Waals surface area contributed by atoms with Crippen LogP contribution < -0.4 is 5.56 Å². The molecule has 0 bridgehead atoms. The molecule has 0 saturated carbocycles. The summed E-state index contributed by atoms with van der Waals surface area (Å²) < 4.78 is 0. The number of aromatic nitrogens is 2. The highest BCUT2D eigenvalue weighted by Crippen LogP contribution is 2.27. The number of nitrogens with zero attached hydrogens (tertiary/aromatic N) is 2. The largest absolute Gasteiger partial charge is 0.310 e. The quantitative estimate of drug-likeness (QED) is 0.915. The fraction of sp³-hybridized carbons (Fsp3) is 0.412. The molecule has 0 aliphatic carbocycles. The molecule has 1 aliphatic rings. The van der Waals surface area contributed by atoms with Crippen LogP contribution in [0.3, 0.4) is 0 Å². The number of hydrogen-bond donors (Lipinski definition) is 1. The van der Waals surface area contributed by atoms with Crippen LogP contribution in [0.4, 0.5) is 0 Å². The van der Waals surface area contributed by atoms with Crippen molar-refractivity contribution in [2.75, 3.05) is 6.54 Å². The van der Waals surface area contributed by atoms with E-state index in [1.165, 1.54) is 0 Å². The van der Waals surface area contributed by atoms with Crippen molar-refractivity contribution in [1.82, 2.24) is 14.9 Å². The maximum atomic E-state index is 12.3. The number of nitrogens with one attached hydrogen (secondary N) is 1. The van der Waals surface area contributed by atoms with E-state index in [0.29, 0.717) is 23.1 Å². The summed E-state index contributed by atoms with van der Waals surface area (Å²) in [5.41, 5.74) is 2.54. The minimum absolute atomic E-state index is 0.0337. The molecule has 0 unspecified atom stereocenters. The molecule has 6 heteroatoms. The van der Waals surface area contributed by atoms with Crippen LogP contribution in [0.2, 0.25) is 10.0 Å². The predicted molar refractivity (Wildman–Crippen MR) is 93.2 cm³/mol. The van der Waals surface area contributed by atoms with Crippen LogP contribution in [0, 0.1) is 0 Å². The van der Waals surface area contributed by atoms with E-state index >= 15 is 0 Å². The Bertz CT molecular complexity index is 766. The zero-order chi connectivity index (χ0) is 16.6. The van der Waals surface area contributed by atoms with Crippen LogP contribution in [0.15, 0.2) is 23.0 Å². The molecule has 4 nitrogen and oxygen atoms in total. The van der Waals surface area contributed by atoms with Gasteiger partial charge < -0.3 is 4.98 Å². The van der Waals surface area contributed by atoms with Crippen molar-refractivity contribution in [2.45, 2.75) is 39.3 Å².